The van der Waals surface area contributed by atoms with Gasteiger partial charge in [0.05, 0.1) is 14.2 Å². The molecule has 0 saturated carbocycles. The molecular weight excluding hydrogens is 190 g/mol. The summed E-state index contributed by atoms with van der Waals surface area (Å²) in [6.45, 7) is 0.948. The van der Waals surface area contributed by atoms with Gasteiger partial charge >= 0.3 is 0 Å². The Balaban J connectivity index is 2.34. The lowest BCUT2D eigenvalue weighted by atomic mass is 10.1. The summed E-state index contributed by atoms with van der Waals surface area (Å²) in [6, 6.07) is 5.95. The lowest BCUT2D eigenvalue weighted by Crippen LogP contribution is -1.98. The Morgan fingerprint density at radius 1 is 1.13 bits per heavy atom. The van der Waals surface area contributed by atoms with Gasteiger partial charge < -0.3 is 9.47 Å². The minimum Gasteiger partial charge on any atom is -0.493 e. The highest BCUT2D eigenvalue weighted by atomic mass is 16.5. The topological polar surface area (TPSA) is 30.8 Å². The minimum absolute atomic E-state index is 0.764. The molecule has 2 rings (SSSR count). The van der Waals surface area contributed by atoms with Crippen molar-refractivity contribution in [3.05, 3.63) is 23.8 Å². The van der Waals surface area contributed by atoms with Crippen molar-refractivity contribution < 1.29 is 9.47 Å². The van der Waals surface area contributed by atoms with Crippen LogP contribution >= 0.6 is 0 Å². The Morgan fingerprint density at radius 3 is 2.53 bits per heavy atom. The summed E-state index contributed by atoms with van der Waals surface area (Å²) in [6.07, 6.45) is 2.22. The maximum absolute atomic E-state index is 5.26. The monoisotopic (exact) mass is 205 g/mol. The van der Waals surface area contributed by atoms with Gasteiger partial charge in [-0.2, -0.15) is 0 Å². The molecule has 15 heavy (non-hydrogen) atoms. The van der Waals surface area contributed by atoms with Crippen LogP contribution in [0, 0.1) is 0 Å². The third-order valence-electron chi connectivity index (χ3n) is 2.59. The van der Waals surface area contributed by atoms with E-state index < -0.39 is 0 Å². The maximum Gasteiger partial charge on any atom is 0.161 e. The highest BCUT2D eigenvalue weighted by Crippen LogP contribution is 2.28. The van der Waals surface area contributed by atoms with Gasteiger partial charge in [0.1, 0.15) is 0 Å². The van der Waals surface area contributed by atoms with E-state index in [9.17, 15) is 0 Å². The molecule has 0 N–H and O–H groups in total. The van der Waals surface area contributed by atoms with E-state index in [-0.39, 0.29) is 0 Å². The molecule has 80 valence electrons. The Hall–Kier alpha value is -1.51. The number of ether oxygens (including phenoxy) is 2. The molecule has 0 aliphatic carbocycles. The van der Waals surface area contributed by atoms with Gasteiger partial charge in [-0.25, -0.2) is 0 Å². The largest absolute Gasteiger partial charge is 0.493 e. The first kappa shape index (κ1) is 10.0. The number of hydrogen-bond acceptors (Lipinski definition) is 3. The summed E-state index contributed by atoms with van der Waals surface area (Å²) in [5.74, 6) is 1.53. The van der Waals surface area contributed by atoms with E-state index in [1.165, 1.54) is 5.71 Å². The highest BCUT2D eigenvalue weighted by Gasteiger charge is 2.11. The number of nitrogens with zero attached hydrogens (tertiary/aromatic N) is 1. The zero-order valence-corrected chi connectivity index (χ0v) is 9.12. The second-order valence-electron chi connectivity index (χ2n) is 3.50. The summed E-state index contributed by atoms with van der Waals surface area (Å²) in [7, 11) is 3.29. The summed E-state index contributed by atoms with van der Waals surface area (Å²) in [5, 5.41) is 0. The van der Waals surface area contributed by atoms with E-state index in [1.54, 1.807) is 14.2 Å². The van der Waals surface area contributed by atoms with E-state index in [0.29, 0.717) is 0 Å². The average Bonchev–Trinajstić information content (AvgIpc) is 2.81. The van der Waals surface area contributed by atoms with Crippen LogP contribution in [0.25, 0.3) is 0 Å². The van der Waals surface area contributed by atoms with Crippen LogP contribution in [0.5, 0.6) is 11.5 Å². The van der Waals surface area contributed by atoms with E-state index >= 15 is 0 Å². The van der Waals surface area contributed by atoms with Gasteiger partial charge in [0, 0.05) is 12.3 Å². The molecule has 1 aliphatic heterocycles. The number of hydrogen-bond donors (Lipinski definition) is 0. The van der Waals surface area contributed by atoms with Gasteiger partial charge in [-0.15, -0.1) is 0 Å². The van der Waals surface area contributed by atoms with Crippen LogP contribution in [0.4, 0.5) is 0 Å². The van der Waals surface area contributed by atoms with E-state index in [2.05, 4.69) is 4.99 Å². The molecule has 0 aromatic heterocycles. The summed E-state index contributed by atoms with van der Waals surface area (Å²) < 4.78 is 10.4. The molecule has 3 heteroatoms. The van der Waals surface area contributed by atoms with E-state index in [4.69, 9.17) is 9.47 Å². The Kier molecular flexibility index (Phi) is 2.90. The lowest BCUT2D eigenvalue weighted by Gasteiger charge is -2.09. The molecule has 0 fully saturated rings. The quantitative estimate of drug-likeness (QED) is 0.758. The first-order valence-electron chi connectivity index (χ1n) is 5.11. The SMILES string of the molecule is COc1ccc(C2=NCCC2)cc1OC. The predicted octanol–water partition coefficient (Wildman–Crippen LogP) is 2.29. The van der Waals surface area contributed by atoms with E-state index in [1.807, 2.05) is 18.2 Å². The molecule has 0 bridgehead atoms. The molecule has 1 aliphatic rings. The second-order valence-corrected chi connectivity index (χ2v) is 3.50. The van der Waals surface area contributed by atoms with Crippen molar-refractivity contribution in [2.24, 2.45) is 4.99 Å². The number of methoxy groups -OCH3 is 2. The van der Waals surface area contributed by atoms with E-state index in [0.717, 1.165) is 36.4 Å². The fraction of sp³-hybridized carbons (Fsp3) is 0.417. The van der Waals surface area contributed by atoms with Crippen LogP contribution in [0.3, 0.4) is 0 Å². The molecule has 1 aromatic rings. The molecule has 0 radical (unpaired) electrons. The third kappa shape index (κ3) is 1.96. The Morgan fingerprint density at radius 2 is 1.93 bits per heavy atom. The molecular formula is C12H15NO2. The lowest BCUT2D eigenvalue weighted by molar-refractivity contribution is 0.355. The normalized spacial score (nSPS) is 14.9. The Bertz CT molecular complexity index is 385. The predicted molar refractivity (Wildman–Crippen MR) is 60.2 cm³/mol. The van der Waals surface area contributed by atoms with Gasteiger partial charge in [-0.1, -0.05) is 0 Å². The Labute approximate surface area is 89.7 Å². The van der Waals surface area contributed by atoms with Crippen molar-refractivity contribution in [3.63, 3.8) is 0 Å². The average molecular weight is 205 g/mol. The van der Waals surface area contributed by atoms with Crippen LogP contribution in [-0.2, 0) is 0 Å². The zero-order chi connectivity index (χ0) is 10.7. The first-order valence-corrected chi connectivity index (χ1v) is 5.11. The number of rotatable bonds is 3. The fourth-order valence-electron chi connectivity index (χ4n) is 1.79. The van der Waals surface area contributed by atoms with Crippen LogP contribution in [-0.4, -0.2) is 26.5 Å². The fourth-order valence-corrected chi connectivity index (χ4v) is 1.79. The second kappa shape index (κ2) is 4.34. The van der Waals surface area contributed by atoms with Gasteiger partial charge in [0.2, 0.25) is 0 Å². The summed E-state index contributed by atoms with van der Waals surface area (Å²) in [5.41, 5.74) is 2.32. The van der Waals surface area contributed by atoms with Gasteiger partial charge in [-0.05, 0) is 36.6 Å². The van der Waals surface area contributed by atoms with Crippen LogP contribution in [0.15, 0.2) is 23.2 Å². The molecule has 0 unspecified atom stereocenters. The number of benzene rings is 1. The van der Waals surface area contributed by atoms with Gasteiger partial charge in [-0.3, -0.25) is 4.99 Å². The van der Waals surface area contributed by atoms with Crippen molar-refractivity contribution in [2.45, 2.75) is 12.8 Å². The molecule has 3 nitrogen and oxygen atoms in total. The van der Waals surface area contributed by atoms with Crippen LogP contribution in [0.1, 0.15) is 18.4 Å². The van der Waals surface area contributed by atoms with Gasteiger partial charge in [0.25, 0.3) is 0 Å². The molecule has 0 spiro atoms. The molecule has 1 heterocycles. The molecule has 0 amide bonds. The molecule has 0 saturated heterocycles. The minimum atomic E-state index is 0.764. The maximum atomic E-state index is 5.26. The van der Waals surface area contributed by atoms with Gasteiger partial charge in [0.15, 0.2) is 11.5 Å². The molecule has 1 aromatic carbocycles. The number of aliphatic imine (C=N–C) groups is 1. The standard InChI is InChI=1S/C12H15NO2/c1-14-11-6-5-9(8-12(11)15-2)10-4-3-7-13-10/h5-6,8H,3-4,7H2,1-2H3. The van der Waals surface area contributed by atoms with Crippen molar-refractivity contribution in [1.82, 2.24) is 0 Å². The first-order chi connectivity index (χ1) is 7.35. The summed E-state index contributed by atoms with van der Waals surface area (Å²) >= 11 is 0. The zero-order valence-electron chi connectivity index (χ0n) is 9.12. The summed E-state index contributed by atoms with van der Waals surface area (Å²) in [4.78, 5) is 4.46. The van der Waals surface area contributed by atoms with Crippen molar-refractivity contribution in [3.8, 4) is 11.5 Å². The van der Waals surface area contributed by atoms with Crippen molar-refractivity contribution in [1.29, 1.82) is 0 Å². The smallest absolute Gasteiger partial charge is 0.161 e. The highest BCUT2D eigenvalue weighted by molar-refractivity contribution is 6.02. The third-order valence-corrected chi connectivity index (χ3v) is 2.59. The molecule has 0 atom stereocenters. The van der Waals surface area contributed by atoms with Crippen LogP contribution in [0.2, 0.25) is 0 Å². The van der Waals surface area contributed by atoms with Crippen molar-refractivity contribution >= 4 is 5.71 Å². The van der Waals surface area contributed by atoms with Crippen molar-refractivity contribution in [2.75, 3.05) is 20.8 Å². The van der Waals surface area contributed by atoms with Crippen LogP contribution < -0.4 is 9.47 Å².